The van der Waals surface area contributed by atoms with Gasteiger partial charge in [-0.3, -0.25) is 9.59 Å². The maximum Gasteiger partial charge on any atom is 1.00 e. The third-order valence-corrected chi connectivity index (χ3v) is 3.06. The molecular weight excluding hydrogens is 302 g/mol. The number of carbonyl (C=O) groups excluding carboxylic acids is 2. The van der Waals surface area contributed by atoms with E-state index in [0.29, 0.717) is 13.2 Å². The Labute approximate surface area is 183 Å². The van der Waals surface area contributed by atoms with E-state index in [9.17, 15) is 9.59 Å². The molecule has 0 unspecified atom stereocenters. The molecular formula is C16H32Na2O4. The third-order valence-electron chi connectivity index (χ3n) is 3.06. The smallest absolute Gasteiger partial charge is 1.00 e. The van der Waals surface area contributed by atoms with E-state index in [0.717, 1.165) is 38.5 Å². The predicted octanol–water partition coefficient (Wildman–Crippen LogP) is -1.75. The molecule has 0 N–H and O–H groups in total. The van der Waals surface area contributed by atoms with Crippen molar-refractivity contribution in [3.05, 3.63) is 0 Å². The molecule has 0 aromatic heterocycles. The van der Waals surface area contributed by atoms with Crippen LogP contribution in [0.25, 0.3) is 0 Å². The van der Waals surface area contributed by atoms with E-state index in [2.05, 4.69) is 13.8 Å². The summed E-state index contributed by atoms with van der Waals surface area (Å²) in [4.78, 5) is 22.7. The van der Waals surface area contributed by atoms with Gasteiger partial charge in [0.1, 0.15) is 0 Å². The third kappa shape index (κ3) is 20.9. The molecule has 0 aliphatic heterocycles. The van der Waals surface area contributed by atoms with Crippen LogP contribution in [-0.4, -0.2) is 25.2 Å². The van der Waals surface area contributed by atoms with Gasteiger partial charge >= 0.3 is 71.1 Å². The molecule has 0 fully saturated rings. The summed E-state index contributed by atoms with van der Waals surface area (Å²) in [5.41, 5.74) is 0. The first kappa shape index (κ1) is 27.8. The van der Waals surface area contributed by atoms with Gasteiger partial charge in [0, 0.05) is 0 Å². The number of hydrogen-bond acceptors (Lipinski definition) is 4. The molecule has 4 nitrogen and oxygen atoms in total. The van der Waals surface area contributed by atoms with E-state index in [4.69, 9.17) is 9.47 Å². The van der Waals surface area contributed by atoms with Gasteiger partial charge in [-0.05, 0) is 12.8 Å². The normalized spacial score (nSPS) is 9.36. The largest absolute Gasteiger partial charge is 1.00 e. The van der Waals surface area contributed by atoms with Gasteiger partial charge in [0.15, 0.2) is 0 Å². The van der Waals surface area contributed by atoms with E-state index in [1.807, 2.05) is 0 Å². The number of rotatable bonds is 13. The van der Waals surface area contributed by atoms with Crippen molar-refractivity contribution in [2.75, 3.05) is 13.2 Å². The zero-order valence-corrected chi connectivity index (χ0v) is 19.1. The summed E-state index contributed by atoms with van der Waals surface area (Å²) in [6.45, 7) is 5.20. The van der Waals surface area contributed by atoms with E-state index in [1.165, 1.54) is 12.8 Å². The summed E-state index contributed by atoms with van der Waals surface area (Å²) in [6.07, 6.45) is 8.90. The van der Waals surface area contributed by atoms with Gasteiger partial charge in [-0.1, -0.05) is 52.4 Å². The van der Waals surface area contributed by atoms with E-state index >= 15 is 0 Å². The van der Waals surface area contributed by atoms with Crippen LogP contribution in [0.5, 0.6) is 0 Å². The number of hydrogen-bond donors (Lipinski definition) is 0. The second-order valence-corrected chi connectivity index (χ2v) is 5.06. The molecule has 0 aliphatic carbocycles. The fourth-order valence-electron chi connectivity index (χ4n) is 1.78. The van der Waals surface area contributed by atoms with Gasteiger partial charge in [0.05, 0.1) is 26.1 Å². The Morgan fingerprint density at radius 1 is 0.682 bits per heavy atom. The molecule has 0 aromatic rings. The average molecular weight is 334 g/mol. The van der Waals surface area contributed by atoms with E-state index < -0.39 is 0 Å². The van der Waals surface area contributed by atoms with Gasteiger partial charge in [-0.15, -0.1) is 0 Å². The Hall–Kier alpha value is 0.940. The van der Waals surface area contributed by atoms with Crippen LogP contribution in [-0.2, 0) is 19.1 Å². The Morgan fingerprint density at radius 2 is 1.05 bits per heavy atom. The van der Waals surface area contributed by atoms with Gasteiger partial charge in [0.2, 0.25) is 0 Å². The van der Waals surface area contributed by atoms with Crippen molar-refractivity contribution in [3.8, 4) is 0 Å². The van der Waals surface area contributed by atoms with Crippen molar-refractivity contribution in [3.63, 3.8) is 0 Å². The van der Waals surface area contributed by atoms with Crippen molar-refractivity contribution in [1.82, 2.24) is 0 Å². The van der Waals surface area contributed by atoms with Crippen LogP contribution in [0.15, 0.2) is 0 Å². The molecule has 0 aliphatic rings. The molecule has 6 heteroatoms. The first-order valence-electron chi connectivity index (χ1n) is 8.02. The summed E-state index contributed by atoms with van der Waals surface area (Å²) in [5, 5.41) is 0. The van der Waals surface area contributed by atoms with Gasteiger partial charge in [-0.25, -0.2) is 0 Å². The zero-order chi connectivity index (χ0) is 15.1. The number of unbranched alkanes of at least 4 members (excludes halogenated alkanes) is 6. The van der Waals surface area contributed by atoms with Gasteiger partial charge in [-0.2, -0.15) is 0 Å². The molecule has 0 spiro atoms. The minimum absolute atomic E-state index is 0. The molecule has 0 saturated heterocycles. The summed E-state index contributed by atoms with van der Waals surface area (Å²) >= 11 is 0. The van der Waals surface area contributed by atoms with Crippen molar-refractivity contribution in [2.24, 2.45) is 0 Å². The van der Waals surface area contributed by atoms with E-state index in [1.54, 1.807) is 0 Å². The van der Waals surface area contributed by atoms with Crippen molar-refractivity contribution >= 4 is 11.9 Å². The average Bonchev–Trinajstić information content (AvgIpc) is 2.44. The van der Waals surface area contributed by atoms with Gasteiger partial charge < -0.3 is 12.3 Å². The molecule has 0 heterocycles. The molecule has 0 amide bonds. The van der Waals surface area contributed by atoms with Crippen LogP contribution < -0.4 is 59.1 Å². The van der Waals surface area contributed by atoms with Crippen LogP contribution >= 0.6 is 0 Å². The maximum absolute atomic E-state index is 11.4. The molecule has 0 radical (unpaired) electrons. The molecule has 22 heavy (non-hydrogen) atoms. The molecule has 0 atom stereocenters. The van der Waals surface area contributed by atoms with Crippen LogP contribution in [0.2, 0.25) is 0 Å². The van der Waals surface area contributed by atoms with Crippen molar-refractivity contribution in [2.45, 2.75) is 78.1 Å². The van der Waals surface area contributed by atoms with Crippen LogP contribution in [0.3, 0.4) is 0 Å². The number of carbonyl (C=O) groups is 2. The Balaban J connectivity index is -0.000000301. The van der Waals surface area contributed by atoms with Crippen LogP contribution in [0.1, 0.15) is 80.9 Å². The second-order valence-electron chi connectivity index (χ2n) is 5.06. The van der Waals surface area contributed by atoms with Crippen LogP contribution in [0, 0.1) is 0 Å². The second kappa shape index (κ2) is 21.9. The molecule has 0 bridgehead atoms. The number of ether oxygens (including phenoxy) is 2. The Kier molecular flexibility index (Phi) is 27.7. The fourth-order valence-corrected chi connectivity index (χ4v) is 1.78. The molecule has 0 saturated carbocycles. The zero-order valence-electron chi connectivity index (χ0n) is 17.1. The monoisotopic (exact) mass is 334 g/mol. The first-order chi connectivity index (χ1) is 9.70. The Morgan fingerprint density at radius 3 is 1.36 bits per heavy atom. The minimum atomic E-state index is -0.301. The maximum atomic E-state index is 11.4. The Bertz CT molecular complexity index is 244. The van der Waals surface area contributed by atoms with Crippen molar-refractivity contribution in [1.29, 1.82) is 0 Å². The fraction of sp³-hybridized carbons (Fsp3) is 0.875. The minimum Gasteiger partial charge on any atom is -1.00 e. The molecule has 0 aromatic carbocycles. The standard InChI is InChI=1S/C16H30O4.2Na.2H/c1-3-5-7-9-13-19-15(17)11-12-16(18)20-14-10-8-6-4-2;;;;/h3-14H2,1-2H3;;;;/q;2*+1;2*-1. The first-order valence-corrected chi connectivity index (χ1v) is 8.02. The number of esters is 2. The molecule has 0 rings (SSSR count). The quantitative estimate of drug-likeness (QED) is 0.228. The van der Waals surface area contributed by atoms with Crippen molar-refractivity contribution < 1.29 is 81.0 Å². The SMILES string of the molecule is CCCCCCOC(=O)CCC(=O)OCCCCCC.[H-].[H-].[Na+].[Na+]. The topological polar surface area (TPSA) is 52.6 Å². The van der Waals surface area contributed by atoms with Crippen LogP contribution in [0.4, 0.5) is 0 Å². The summed E-state index contributed by atoms with van der Waals surface area (Å²) in [5.74, 6) is -0.603. The molecule has 122 valence electrons. The van der Waals surface area contributed by atoms with Gasteiger partial charge in [0.25, 0.3) is 0 Å². The van der Waals surface area contributed by atoms with E-state index in [-0.39, 0.29) is 86.7 Å². The predicted molar refractivity (Wildman–Crippen MR) is 81.7 cm³/mol. The summed E-state index contributed by atoms with van der Waals surface area (Å²) in [7, 11) is 0. The summed E-state index contributed by atoms with van der Waals surface area (Å²) < 4.78 is 10.1. The summed E-state index contributed by atoms with van der Waals surface area (Å²) in [6, 6.07) is 0.